The molecule has 3 rings (SSSR count). The molecule has 2 unspecified atom stereocenters. The summed E-state index contributed by atoms with van der Waals surface area (Å²) in [4.78, 5) is 7.29. The number of nitrogens with one attached hydrogen (secondary N) is 1. The van der Waals surface area contributed by atoms with Gasteiger partial charge in [-0.05, 0) is 48.3 Å². The number of aliphatic imine (C=N–C) groups is 1. The zero-order valence-corrected chi connectivity index (χ0v) is 18.0. The number of halogens is 1. The van der Waals surface area contributed by atoms with Gasteiger partial charge in [0.15, 0.2) is 5.17 Å². The number of amidine groups is 1. The van der Waals surface area contributed by atoms with Crippen LogP contribution in [0.3, 0.4) is 0 Å². The molecule has 0 saturated heterocycles. The third kappa shape index (κ3) is 5.80. The summed E-state index contributed by atoms with van der Waals surface area (Å²) in [6, 6.07) is 8.92. The first-order valence-corrected chi connectivity index (χ1v) is 10.2. The number of rotatable bonds is 4. The van der Waals surface area contributed by atoms with E-state index in [0.717, 1.165) is 35.9 Å². The van der Waals surface area contributed by atoms with E-state index in [1.165, 1.54) is 24.8 Å². The summed E-state index contributed by atoms with van der Waals surface area (Å²) in [5.74, 6) is 2.65. The molecule has 6 heteroatoms. The minimum absolute atomic E-state index is 0. The maximum Gasteiger partial charge on any atom is 0.159 e. The van der Waals surface area contributed by atoms with Gasteiger partial charge in [0.2, 0.25) is 0 Å². The molecule has 0 bridgehead atoms. The van der Waals surface area contributed by atoms with Gasteiger partial charge in [-0.3, -0.25) is 4.90 Å². The number of methoxy groups -OCH3 is 1. The zero-order valence-electron chi connectivity index (χ0n) is 16.3. The van der Waals surface area contributed by atoms with Crippen LogP contribution in [0.2, 0.25) is 0 Å². The minimum Gasteiger partial charge on any atom is -0.497 e. The summed E-state index contributed by atoms with van der Waals surface area (Å²) in [7, 11) is 1.70. The van der Waals surface area contributed by atoms with Crippen molar-refractivity contribution in [2.24, 2.45) is 16.3 Å². The lowest BCUT2D eigenvalue weighted by atomic mass is 9.70. The van der Waals surface area contributed by atoms with Crippen LogP contribution in [0.4, 0.5) is 0 Å². The van der Waals surface area contributed by atoms with Crippen molar-refractivity contribution in [3.05, 3.63) is 29.8 Å². The smallest absolute Gasteiger partial charge is 0.159 e. The van der Waals surface area contributed by atoms with E-state index < -0.39 is 0 Å². The fourth-order valence-electron chi connectivity index (χ4n) is 4.22. The van der Waals surface area contributed by atoms with Gasteiger partial charge in [-0.2, -0.15) is 0 Å². The highest BCUT2D eigenvalue weighted by atomic mass is 35.5. The molecule has 1 aliphatic carbocycles. The van der Waals surface area contributed by atoms with Crippen molar-refractivity contribution < 1.29 is 4.74 Å². The second-order valence-corrected chi connectivity index (χ2v) is 9.20. The Labute approximate surface area is 168 Å². The monoisotopic (exact) mass is 397 g/mol. The maximum atomic E-state index is 5.21. The minimum atomic E-state index is 0. The largest absolute Gasteiger partial charge is 0.497 e. The SMILES string of the molecule is COc1ccc(CSC2=NCN(C3CC(C)CC(C)(C)C3)CN2)cc1.Cl. The van der Waals surface area contributed by atoms with Crippen molar-refractivity contribution in [1.82, 2.24) is 10.2 Å². The highest BCUT2D eigenvalue weighted by molar-refractivity contribution is 8.13. The summed E-state index contributed by atoms with van der Waals surface area (Å²) >= 11 is 1.78. The molecule has 2 atom stereocenters. The molecule has 0 aromatic heterocycles. The Morgan fingerprint density at radius 1 is 1.27 bits per heavy atom. The van der Waals surface area contributed by atoms with E-state index in [1.807, 2.05) is 12.1 Å². The molecule has 0 radical (unpaired) electrons. The Morgan fingerprint density at radius 2 is 2.00 bits per heavy atom. The van der Waals surface area contributed by atoms with Crippen molar-refractivity contribution in [2.75, 3.05) is 20.4 Å². The zero-order chi connectivity index (χ0) is 17.9. The number of nitrogens with zero attached hydrogens (tertiary/aromatic N) is 2. The Kier molecular flexibility index (Phi) is 7.68. The normalized spacial score (nSPS) is 25.6. The lowest BCUT2D eigenvalue weighted by molar-refractivity contribution is 0.0642. The standard InChI is InChI=1S/C20H31N3OS.ClH/c1-15-9-17(11-20(2,3)10-15)23-13-21-19(22-14-23)25-12-16-5-7-18(24-4)8-6-16;/h5-8,15,17H,9-14H2,1-4H3,(H,21,22);1H. The predicted molar refractivity (Wildman–Crippen MR) is 114 cm³/mol. The number of thioether (sulfide) groups is 1. The Balaban J connectivity index is 0.00000243. The summed E-state index contributed by atoms with van der Waals surface area (Å²) in [6.45, 7) is 8.96. The molecule has 1 fully saturated rings. The lowest BCUT2D eigenvalue weighted by Crippen LogP contribution is -2.50. The van der Waals surface area contributed by atoms with Gasteiger partial charge in [-0.25, -0.2) is 4.99 Å². The van der Waals surface area contributed by atoms with E-state index in [1.54, 1.807) is 18.9 Å². The molecule has 1 saturated carbocycles. The van der Waals surface area contributed by atoms with Crippen LogP contribution >= 0.6 is 24.2 Å². The molecule has 1 heterocycles. The Hall–Kier alpha value is -0.910. The first-order valence-electron chi connectivity index (χ1n) is 9.23. The predicted octanol–water partition coefficient (Wildman–Crippen LogP) is 4.74. The van der Waals surface area contributed by atoms with E-state index in [9.17, 15) is 0 Å². The average molecular weight is 398 g/mol. The lowest BCUT2D eigenvalue weighted by Gasteiger charge is -2.44. The van der Waals surface area contributed by atoms with Crippen LogP contribution in [-0.2, 0) is 5.75 Å². The van der Waals surface area contributed by atoms with Crippen LogP contribution in [0.1, 0.15) is 45.6 Å². The van der Waals surface area contributed by atoms with E-state index >= 15 is 0 Å². The van der Waals surface area contributed by atoms with E-state index in [0.29, 0.717) is 11.5 Å². The topological polar surface area (TPSA) is 36.9 Å². The molecular weight excluding hydrogens is 366 g/mol. The molecule has 4 nitrogen and oxygen atoms in total. The molecule has 1 aromatic rings. The van der Waals surface area contributed by atoms with Crippen molar-refractivity contribution >= 4 is 29.3 Å². The molecule has 1 aromatic carbocycles. The van der Waals surface area contributed by atoms with Crippen LogP contribution in [0.15, 0.2) is 29.3 Å². The fourth-order valence-corrected chi connectivity index (χ4v) is 5.03. The molecule has 146 valence electrons. The first kappa shape index (κ1) is 21.4. The molecular formula is C20H32ClN3OS. The van der Waals surface area contributed by atoms with Gasteiger partial charge in [0.05, 0.1) is 20.4 Å². The molecule has 1 aliphatic heterocycles. The van der Waals surface area contributed by atoms with E-state index in [4.69, 9.17) is 9.73 Å². The van der Waals surface area contributed by atoms with Gasteiger partial charge in [0.25, 0.3) is 0 Å². The molecule has 0 spiro atoms. The third-order valence-corrected chi connectivity index (χ3v) is 6.27. The van der Waals surface area contributed by atoms with Crippen molar-refractivity contribution in [3.8, 4) is 5.75 Å². The molecule has 0 amide bonds. The number of ether oxygens (including phenoxy) is 1. The van der Waals surface area contributed by atoms with Gasteiger partial charge >= 0.3 is 0 Å². The second-order valence-electron chi connectivity index (χ2n) is 8.23. The molecule has 1 N–H and O–H groups in total. The fraction of sp³-hybridized carbons (Fsp3) is 0.650. The average Bonchev–Trinajstić information content (AvgIpc) is 2.59. The third-order valence-electron chi connectivity index (χ3n) is 5.24. The summed E-state index contributed by atoms with van der Waals surface area (Å²) in [5.41, 5.74) is 1.75. The first-order chi connectivity index (χ1) is 11.9. The summed E-state index contributed by atoms with van der Waals surface area (Å²) < 4.78 is 5.21. The second kappa shape index (κ2) is 9.34. The highest BCUT2D eigenvalue weighted by Crippen LogP contribution is 2.40. The van der Waals surface area contributed by atoms with Gasteiger partial charge < -0.3 is 10.1 Å². The van der Waals surface area contributed by atoms with Crippen LogP contribution < -0.4 is 10.1 Å². The molecule has 2 aliphatic rings. The number of hydrogen-bond acceptors (Lipinski definition) is 5. The summed E-state index contributed by atoms with van der Waals surface area (Å²) in [5, 5.41) is 4.58. The van der Waals surface area contributed by atoms with Crippen LogP contribution in [-0.4, -0.2) is 36.6 Å². The number of benzene rings is 1. The van der Waals surface area contributed by atoms with Crippen LogP contribution in [0, 0.1) is 11.3 Å². The van der Waals surface area contributed by atoms with Crippen molar-refractivity contribution in [1.29, 1.82) is 0 Å². The van der Waals surface area contributed by atoms with Gasteiger partial charge in [0, 0.05) is 11.8 Å². The van der Waals surface area contributed by atoms with Gasteiger partial charge in [0.1, 0.15) is 5.75 Å². The van der Waals surface area contributed by atoms with Gasteiger partial charge in [-0.15, -0.1) is 12.4 Å². The Morgan fingerprint density at radius 3 is 2.58 bits per heavy atom. The van der Waals surface area contributed by atoms with E-state index in [2.05, 4.69) is 43.1 Å². The maximum absolute atomic E-state index is 5.21. The van der Waals surface area contributed by atoms with Crippen LogP contribution in [0.5, 0.6) is 5.75 Å². The highest BCUT2D eigenvalue weighted by Gasteiger charge is 2.35. The van der Waals surface area contributed by atoms with E-state index in [-0.39, 0.29) is 12.4 Å². The Bertz CT molecular complexity index is 606. The van der Waals surface area contributed by atoms with Crippen molar-refractivity contribution in [2.45, 2.75) is 51.8 Å². The van der Waals surface area contributed by atoms with Crippen molar-refractivity contribution in [3.63, 3.8) is 0 Å². The molecule has 26 heavy (non-hydrogen) atoms. The quantitative estimate of drug-likeness (QED) is 0.795. The summed E-state index contributed by atoms with van der Waals surface area (Å²) in [6.07, 6.45) is 3.93. The van der Waals surface area contributed by atoms with Gasteiger partial charge in [-0.1, -0.05) is 44.7 Å². The van der Waals surface area contributed by atoms with Crippen LogP contribution in [0.25, 0.3) is 0 Å². The number of hydrogen-bond donors (Lipinski definition) is 1.